The van der Waals surface area contributed by atoms with Crippen LogP contribution in [-0.2, 0) is 6.54 Å². The van der Waals surface area contributed by atoms with Crippen molar-refractivity contribution in [3.63, 3.8) is 0 Å². The summed E-state index contributed by atoms with van der Waals surface area (Å²) in [4.78, 5) is 0. The second-order valence-corrected chi connectivity index (χ2v) is 4.16. The smallest absolute Gasteiger partial charge is 0.170 e. The van der Waals surface area contributed by atoms with Crippen molar-refractivity contribution >= 4 is 11.5 Å². The largest absolute Gasteiger partial charge is 0.409 e. The maximum Gasteiger partial charge on any atom is 0.170 e. The van der Waals surface area contributed by atoms with Gasteiger partial charge in [0.1, 0.15) is 11.6 Å². The number of anilines is 1. The van der Waals surface area contributed by atoms with Crippen molar-refractivity contribution in [3.05, 3.63) is 65.2 Å². The minimum absolute atomic E-state index is 0.0104. The molecule has 4 N–H and O–H groups in total. The van der Waals surface area contributed by atoms with E-state index in [4.69, 9.17) is 10.9 Å². The lowest BCUT2D eigenvalue weighted by molar-refractivity contribution is 0.318. The van der Waals surface area contributed by atoms with E-state index >= 15 is 0 Å². The van der Waals surface area contributed by atoms with Gasteiger partial charge in [-0.05, 0) is 29.8 Å². The lowest BCUT2D eigenvalue weighted by Gasteiger charge is -2.09. The average Bonchev–Trinajstić information content (AvgIpc) is 2.47. The number of hydrogen-bond donors (Lipinski definition) is 3. The van der Waals surface area contributed by atoms with Crippen LogP contribution in [0.15, 0.2) is 47.6 Å². The van der Waals surface area contributed by atoms with Crippen LogP contribution in [0.3, 0.4) is 0 Å². The van der Waals surface area contributed by atoms with E-state index in [1.807, 2.05) is 0 Å². The fourth-order valence-electron chi connectivity index (χ4n) is 1.73. The summed E-state index contributed by atoms with van der Waals surface area (Å²) in [7, 11) is 0. The van der Waals surface area contributed by atoms with Gasteiger partial charge in [0.15, 0.2) is 5.84 Å². The number of rotatable bonds is 4. The monoisotopic (exact) mass is 277 g/mol. The van der Waals surface area contributed by atoms with Gasteiger partial charge in [-0.1, -0.05) is 23.4 Å². The first-order chi connectivity index (χ1) is 9.60. The Bertz CT molecular complexity index is 644. The van der Waals surface area contributed by atoms with E-state index in [2.05, 4.69) is 10.5 Å². The summed E-state index contributed by atoms with van der Waals surface area (Å²) in [6.07, 6.45) is 0. The van der Waals surface area contributed by atoms with E-state index in [0.29, 0.717) is 5.56 Å². The van der Waals surface area contributed by atoms with E-state index in [9.17, 15) is 8.78 Å². The van der Waals surface area contributed by atoms with Crippen molar-refractivity contribution < 1.29 is 14.0 Å². The van der Waals surface area contributed by atoms with Crippen LogP contribution < -0.4 is 11.1 Å². The van der Waals surface area contributed by atoms with Crippen molar-refractivity contribution in [2.75, 3.05) is 5.32 Å². The molecule has 0 amide bonds. The molecule has 104 valence electrons. The predicted octanol–water partition coefficient (Wildman–Crippen LogP) is 2.67. The summed E-state index contributed by atoms with van der Waals surface area (Å²) >= 11 is 0. The topological polar surface area (TPSA) is 70.6 Å². The molecule has 0 heterocycles. The number of nitrogens with two attached hydrogens (primary N) is 1. The number of oxime groups is 1. The Kier molecular flexibility index (Phi) is 4.14. The summed E-state index contributed by atoms with van der Waals surface area (Å²) in [5.41, 5.74) is 6.90. The van der Waals surface area contributed by atoms with Crippen LogP contribution in [0.5, 0.6) is 0 Å². The van der Waals surface area contributed by atoms with Gasteiger partial charge in [0.05, 0.1) is 5.69 Å². The third kappa shape index (κ3) is 3.23. The van der Waals surface area contributed by atoms with Crippen LogP contribution in [0.25, 0.3) is 0 Å². The normalized spacial score (nSPS) is 11.4. The first-order valence-corrected chi connectivity index (χ1v) is 5.86. The molecule has 20 heavy (non-hydrogen) atoms. The van der Waals surface area contributed by atoms with E-state index in [0.717, 1.165) is 23.8 Å². The van der Waals surface area contributed by atoms with Gasteiger partial charge in [-0.15, -0.1) is 0 Å². The van der Waals surface area contributed by atoms with Crippen molar-refractivity contribution in [1.29, 1.82) is 0 Å². The summed E-state index contributed by atoms with van der Waals surface area (Å²) in [5.74, 6) is -1.05. The molecule has 2 rings (SSSR count). The predicted molar refractivity (Wildman–Crippen MR) is 72.6 cm³/mol. The fraction of sp³-hybridized carbons (Fsp3) is 0.0714. The van der Waals surface area contributed by atoms with E-state index in [1.165, 1.54) is 0 Å². The van der Waals surface area contributed by atoms with Crippen LogP contribution in [0.4, 0.5) is 14.5 Å². The van der Waals surface area contributed by atoms with E-state index < -0.39 is 11.6 Å². The SMILES string of the molecule is NC(=NO)c1cccc(CNc2cc(F)ccc2F)c1. The fourth-order valence-corrected chi connectivity index (χ4v) is 1.73. The number of nitrogens with zero attached hydrogens (tertiary/aromatic N) is 1. The van der Waals surface area contributed by atoms with E-state index in [-0.39, 0.29) is 18.1 Å². The van der Waals surface area contributed by atoms with Gasteiger partial charge in [0.2, 0.25) is 0 Å². The van der Waals surface area contributed by atoms with Gasteiger partial charge in [0.25, 0.3) is 0 Å². The van der Waals surface area contributed by atoms with Crippen molar-refractivity contribution in [3.8, 4) is 0 Å². The summed E-state index contributed by atoms with van der Waals surface area (Å²) in [6, 6.07) is 10.1. The van der Waals surface area contributed by atoms with Gasteiger partial charge in [-0.3, -0.25) is 0 Å². The summed E-state index contributed by atoms with van der Waals surface area (Å²) < 4.78 is 26.5. The Morgan fingerprint density at radius 2 is 2.00 bits per heavy atom. The lowest BCUT2D eigenvalue weighted by Crippen LogP contribution is -2.13. The lowest BCUT2D eigenvalue weighted by atomic mass is 10.1. The maximum absolute atomic E-state index is 13.4. The van der Waals surface area contributed by atoms with Crippen molar-refractivity contribution in [2.45, 2.75) is 6.54 Å². The van der Waals surface area contributed by atoms with Crippen LogP contribution in [0.2, 0.25) is 0 Å². The molecular weight excluding hydrogens is 264 g/mol. The van der Waals surface area contributed by atoms with E-state index in [1.54, 1.807) is 24.3 Å². The summed E-state index contributed by atoms with van der Waals surface area (Å²) in [6.45, 7) is 0.285. The zero-order valence-electron chi connectivity index (χ0n) is 10.5. The third-order valence-corrected chi connectivity index (χ3v) is 2.74. The van der Waals surface area contributed by atoms with Crippen LogP contribution in [0, 0.1) is 11.6 Å². The van der Waals surface area contributed by atoms with Crippen LogP contribution in [-0.4, -0.2) is 11.0 Å². The standard InChI is InChI=1S/C14H13F2N3O/c15-11-4-5-12(16)13(7-11)18-8-9-2-1-3-10(6-9)14(17)19-20/h1-7,18,20H,8H2,(H2,17,19). The third-order valence-electron chi connectivity index (χ3n) is 2.74. The molecule has 0 atom stereocenters. The Morgan fingerprint density at radius 1 is 1.20 bits per heavy atom. The molecule has 0 saturated carbocycles. The zero-order valence-corrected chi connectivity index (χ0v) is 10.5. The first-order valence-electron chi connectivity index (χ1n) is 5.86. The Morgan fingerprint density at radius 3 is 2.75 bits per heavy atom. The maximum atomic E-state index is 13.4. The molecule has 6 heteroatoms. The molecule has 4 nitrogen and oxygen atoms in total. The molecule has 0 aliphatic carbocycles. The molecule has 0 aromatic heterocycles. The Hall–Kier alpha value is -2.63. The highest BCUT2D eigenvalue weighted by Gasteiger charge is 2.04. The number of halogens is 2. The molecule has 0 spiro atoms. The van der Waals surface area contributed by atoms with Crippen molar-refractivity contribution in [1.82, 2.24) is 0 Å². The summed E-state index contributed by atoms with van der Waals surface area (Å²) in [5, 5.41) is 14.3. The minimum atomic E-state index is -0.529. The highest BCUT2D eigenvalue weighted by Crippen LogP contribution is 2.16. The molecule has 0 radical (unpaired) electrons. The quantitative estimate of drug-likeness (QED) is 0.348. The zero-order chi connectivity index (χ0) is 14.5. The molecule has 0 saturated heterocycles. The number of amidine groups is 1. The molecule has 0 unspecified atom stereocenters. The average molecular weight is 277 g/mol. The van der Waals surface area contributed by atoms with Gasteiger partial charge in [-0.2, -0.15) is 0 Å². The van der Waals surface area contributed by atoms with Gasteiger partial charge in [0, 0.05) is 12.1 Å². The number of nitrogens with one attached hydrogen (secondary N) is 1. The second kappa shape index (κ2) is 6.01. The Balaban J connectivity index is 2.13. The van der Waals surface area contributed by atoms with Gasteiger partial charge >= 0.3 is 0 Å². The molecule has 0 aliphatic heterocycles. The molecule has 0 bridgehead atoms. The van der Waals surface area contributed by atoms with Gasteiger partial charge < -0.3 is 16.3 Å². The van der Waals surface area contributed by atoms with Crippen molar-refractivity contribution in [2.24, 2.45) is 10.9 Å². The van der Waals surface area contributed by atoms with Crippen LogP contribution >= 0.6 is 0 Å². The molecule has 2 aromatic carbocycles. The highest BCUT2D eigenvalue weighted by molar-refractivity contribution is 5.97. The Labute approximate surface area is 114 Å². The number of hydrogen-bond acceptors (Lipinski definition) is 3. The molecular formula is C14H13F2N3O. The number of benzene rings is 2. The molecule has 2 aromatic rings. The second-order valence-electron chi connectivity index (χ2n) is 4.16. The highest BCUT2D eigenvalue weighted by atomic mass is 19.1. The van der Waals surface area contributed by atoms with Gasteiger partial charge in [-0.25, -0.2) is 8.78 Å². The molecule has 0 aliphatic rings. The molecule has 0 fully saturated rings. The first kappa shape index (κ1) is 13.8. The minimum Gasteiger partial charge on any atom is -0.409 e. The van der Waals surface area contributed by atoms with Crippen LogP contribution in [0.1, 0.15) is 11.1 Å².